The summed E-state index contributed by atoms with van der Waals surface area (Å²) in [5, 5.41) is 3.10. The first-order valence-corrected chi connectivity index (χ1v) is 6.93. The first-order chi connectivity index (χ1) is 7.61. The Balaban J connectivity index is 2.96. The molecule has 0 bridgehead atoms. The summed E-state index contributed by atoms with van der Waals surface area (Å²) in [4.78, 5) is 0.376. The average Bonchev–Trinajstić information content (AvgIpc) is 2.30. The fourth-order valence-electron chi connectivity index (χ4n) is 1.35. The van der Waals surface area contributed by atoms with E-state index in [4.69, 9.17) is 0 Å². The lowest BCUT2D eigenvalue weighted by Crippen LogP contribution is -2.09. The van der Waals surface area contributed by atoms with Crippen molar-refractivity contribution >= 4 is 15.5 Å². The van der Waals surface area contributed by atoms with Crippen LogP contribution in [0.5, 0.6) is 0 Å². The summed E-state index contributed by atoms with van der Waals surface area (Å²) in [5.74, 6) is 0.118. The molecule has 1 N–H and O–H groups in total. The van der Waals surface area contributed by atoms with Gasteiger partial charge in [0.2, 0.25) is 0 Å². The van der Waals surface area contributed by atoms with Gasteiger partial charge in [0.25, 0.3) is 0 Å². The lowest BCUT2D eigenvalue weighted by atomic mass is 10.3. The lowest BCUT2D eigenvalue weighted by molar-refractivity contribution is 0.597. The minimum atomic E-state index is -3.15. The van der Waals surface area contributed by atoms with Crippen molar-refractivity contribution in [3.63, 3.8) is 0 Å². The second-order valence-corrected chi connectivity index (χ2v) is 5.65. The first-order valence-electron chi connectivity index (χ1n) is 5.28. The van der Waals surface area contributed by atoms with Crippen molar-refractivity contribution < 1.29 is 8.42 Å². The Kier molecular flexibility index (Phi) is 4.55. The zero-order chi connectivity index (χ0) is 12.0. The zero-order valence-corrected chi connectivity index (χ0v) is 10.3. The Hall–Kier alpha value is -1.29. The third-order valence-corrected chi connectivity index (χ3v) is 4.05. The second-order valence-electron chi connectivity index (χ2n) is 3.40. The third-order valence-electron chi connectivity index (χ3n) is 2.27. The molecule has 1 rings (SSSR count). The van der Waals surface area contributed by atoms with E-state index in [1.807, 2.05) is 6.07 Å². The summed E-state index contributed by atoms with van der Waals surface area (Å²) in [7, 11) is -3.15. The number of para-hydroxylation sites is 1. The Morgan fingerprint density at radius 3 is 2.69 bits per heavy atom. The van der Waals surface area contributed by atoms with E-state index in [-0.39, 0.29) is 5.75 Å². The van der Waals surface area contributed by atoms with Gasteiger partial charge in [-0.05, 0) is 18.6 Å². The molecular weight excluding hydrogens is 222 g/mol. The molecule has 0 radical (unpaired) electrons. The van der Waals surface area contributed by atoms with Crippen LogP contribution in [-0.2, 0) is 9.84 Å². The normalized spacial score (nSPS) is 11.1. The molecule has 0 unspecified atom stereocenters. The van der Waals surface area contributed by atoms with Gasteiger partial charge in [-0.25, -0.2) is 8.42 Å². The van der Waals surface area contributed by atoms with Crippen molar-refractivity contribution in [2.75, 3.05) is 17.6 Å². The van der Waals surface area contributed by atoms with Crippen LogP contribution in [0.2, 0.25) is 0 Å². The zero-order valence-electron chi connectivity index (χ0n) is 9.44. The van der Waals surface area contributed by atoms with Gasteiger partial charge < -0.3 is 5.32 Å². The molecule has 1 aromatic carbocycles. The molecule has 0 aliphatic carbocycles. The van der Waals surface area contributed by atoms with Crippen LogP contribution in [0.4, 0.5) is 5.69 Å². The number of hydrogen-bond acceptors (Lipinski definition) is 3. The number of hydrogen-bond donors (Lipinski definition) is 1. The van der Waals surface area contributed by atoms with E-state index < -0.39 is 9.84 Å². The highest BCUT2D eigenvalue weighted by Crippen LogP contribution is 2.21. The smallest absolute Gasteiger partial charge is 0.180 e. The predicted molar refractivity (Wildman–Crippen MR) is 67.5 cm³/mol. The summed E-state index contributed by atoms with van der Waals surface area (Å²) in [6.07, 6.45) is 2.60. The van der Waals surface area contributed by atoms with E-state index in [9.17, 15) is 8.42 Å². The molecule has 0 aliphatic rings. The summed E-state index contributed by atoms with van der Waals surface area (Å²) in [5.41, 5.74) is 0.672. The minimum absolute atomic E-state index is 0.118. The minimum Gasteiger partial charge on any atom is -0.384 e. The second kappa shape index (κ2) is 5.70. The molecule has 0 aromatic heterocycles. The van der Waals surface area contributed by atoms with Crippen molar-refractivity contribution in [3.05, 3.63) is 36.9 Å². The van der Waals surface area contributed by atoms with E-state index in [1.165, 1.54) is 0 Å². The molecule has 88 valence electrons. The summed E-state index contributed by atoms with van der Waals surface area (Å²) >= 11 is 0. The van der Waals surface area contributed by atoms with Gasteiger partial charge in [-0.15, -0.1) is 6.58 Å². The van der Waals surface area contributed by atoms with Crippen LogP contribution in [-0.4, -0.2) is 20.7 Å². The SMILES string of the molecule is C=CCCNc1ccccc1S(=O)(=O)CC. The maximum Gasteiger partial charge on any atom is 0.180 e. The number of nitrogens with one attached hydrogen (secondary N) is 1. The van der Waals surface area contributed by atoms with Crippen molar-refractivity contribution in [1.29, 1.82) is 0 Å². The van der Waals surface area contributed by atoms with Gasteiger partial charge in [-0.3, -0.25) is 0 Å². The van der Waals surface area contributed by atoms with Crippen LogP contribution in [0, 0.1) is 0 Å². The van der Waals surface area contributed by atoms with Gasteiger partial charge in [0.05, 0.1) is 16.3 Å². The van der Waals surface area contributed by atoms with Crippen LogP contribution in [0.3, 0.4) is 0 Å². The molecular formula is C12H17NO2S. The van der Waals surface area contributed by atoms with Gasteiger partial charge in [0, 0.05) is 6.54 Å². The predicted octanol–water partition coefficient (Wildman–Crippen LogP) is 2.47. The summed E-state index contributed by atoms with van der Waals surface area (Å²) < 4.78 is 23.6. The maximum atomic E-state index is 11.8. The molecule has 0 heterocycles. The van der Waals surface area contributed by atoms with E-state index in [0.717, 1.165) is 6.42 Å². The highest BCUT2D eigenvalue weighted by atomic mass is 32.2. The van der Waals surface area contributed by atoms with Crippen LogP contribution >= 0.6 is 0 Å². The maximum absolute atomic E-state index is 11.8. The number of anilines is 1. The number of rotatable bonds is 6. The fraction of sp³-hybridized carbons (Fsp3) is 0.333. The van der Waals surface area contributed by atoms with Gasteiger partial charge >= 0.3 is 0 Å². The molecule has 3 nitrogen and oxygen atoms in total. The van der Waals surface area contributed by atoms with Crippen molar-refractivity contribution in [2.45, 2.75) is 18.2 Å². The molecule has 0 fully saturated rings. The quantitative estimate of drug-likeness (QED) is 0.612. The molecule has 0 spiro atoms. The van der Waals surface area contributed by atoms with Crippen LogP contribution in [0.25, 0.3) is 0 Å². The van der Waals surface area contributed by atoms with Gasteiger partial charge in [-0.2, -0.15) is 0 Å². The van der Waals surface area contributed by atoms with E-state index in [0.29, 0.717) is 17.1 Å². The highest BCUT2D eigenvalue weighted by Gasteiger charge is 2.15. The fourth-order valence-corrected chi connectivity index (χ4v) is 2.42. The molecule has 0 saturated heterocycles. The summed E-state index contributed by atoms with van der Waals surface area (Å²) in [6.45, 7) is 5.96. The van der Waals surface area contributed by atoms with Gasteiger partial charge in [0.1, 0.15) is 0 Å². The Bertz CT molecular complexity index is 452. The first kappa shape index (κ1) is 12.8. The molecule has 4 heteroatoms. The van der Waals surface area contributed by atoms with Crippen molar-refractivity contribution in [2.24, 2.45) is 0 Å². The monoisotopic (exact) mass is 239 g/mol. The van der Waals surface area contributed by atoms with Gasteiger partial charge in [0.15, 0.2) is 9.84 Å². The largest absolute Gasteiger partial charge is 0.384 e. The van der Waals surface area contributed by atoms with Crippen LogP contribution in [0.1, 0.15) is 13.3 Å². The topological polar surface area (TPSA) is 46.2 Å². The standard InChI is InChI=1S/C12H17NO2S/c1-3-5-10-13-11-8-6-7-9-12(11)16(14,15)4-2/h3,6-9,13H,1,4-5,10H2,2H3. The molecule has 0 atom stereocenters. The van der Waals surface area contributed by atoms with E-state index in [2.05, 4.69) is 11.9 Å². The van der Waals surface area contributed by atoms with Crippen LogP contribution < -0.4 is 5.32 Å². The Labute approximate surface area is 97.1 Å². The molecule has 16 heavy (non-hydrogen) atoms. The lowest BCUT2D eigenvalue weighted by Gasteiger charge is -2.10. The van der Waals surface area contributed by atoms with Crippen molar-refractivity contribution in [1.82, 2.24) is 0 Å². The molecule has 1 aromatic rings. The number of benzene rings is 1. The highest BCUT2D eigenvalue weighted by molar-refractivity contribution is 7.91. The Morgan fingerprint density at radius 2 is 2.06 bits per heavy atom. The third kappa shape index (κ3) is 3.10. The molecule has 0 aliphatic heterocycles. The molecule has 0 saturated carbocycles. The van der Waals surface area contributed by atoms with E-state index >= 15 is 0 Å². The molecule has 0 amide bonds. The summed E-state index contributed by atoms with van der Waals surface area (Å²) in [6, 6.07) is 6.98. The van der Waals surface area contributed by atoms with Crippen LogP contribution in [0.15, 0.2) is 41.8 Å². The van der Waals surface area contributed by atoms with E-state index in [1.54, 1.807) is 31.2 Å². The average molecular weight is 239 g/mol. The number of sulfone groups is 1. The van der Waals surface area contributed by atoms with Crippen molar-refractivity contribution in [3.8, 4) is 0 Å². The Morgan fingerprint density at radius 1 is 1.38 bits per heavy atom. The van der Waals surface area contributed by atoms with Gasteiger partial charge in [-0.1, -0.05) is 25.1 Å².